The van der Waals surface area contributed by atoms with Crippen LogP contribution in [0.1, 0.15) is 35.8 Å². The van der Waals surface area contributed by atoms with Crippen molar-refractivity contribution in [2.75, 3.05) is 26.2 Å². The van der Waals surface area contributed by atoms with Crippen LogP contribution in [0.2, 0.25) is 5.15 Å². The Morgan fingerprint density at radius 3 is 3.05 bits per heavy atom. The topological polar surface area (TPSA) is 36.4 Å². The second-order valence-electron chi connectivity index (χ2n) is 5.61. The SMILES string of the molecule is CCc1cc(C(=O)N2CCN3CCCC3C2)cc(Cl)n1. The Bertz CT molecular complexity index is 520. The molecule has 0 saturated carbocycles. The summed E-state index contributed by atoms with van der Waals surface area (Å²) < 4.78 is 0. The van der Waals surface area contributed by atoms with E-state index in [1.165, 1.54) is 19.4 Å². The smallest absolute Gasteiger partial charge is 0.254 e. The first-order valence-electron chi connectivity index (χ1n) is 7.37. The maximum Gasteiger partial charge on any atom is 0.254 e. The lowest BCUT2D eigenvalue weighted by atomic mass is 10.1. The van der Waals surface area contributed by atoms with E-state index in [-0.39, 0.29) is 5.91 Å². The van der Waals surface area contributed by atoms with Crippen LogP contribution in [0, 0.1) is 0 Å². The molecule has 1 unspecified atom stereocenters. The number of nitrogens with zero attached hydrogens (tertiary/aromatic N) is 3. The van der Waals surface area contributed by atoms with Gasteiger partial charge in [-0.05, 0) is 37.9 Å². The molecule has 2 fully saturated rings. The van der Waals surface area contributed by atoms with Crippen molar-refractivity contribution in [2.45, 2.75) is 32.2 Å². The van der Waals surface area contributed by atoms with Crippen molar-refractivity contribution in [1.29, 1.82) is 0 Å². The molecular weight excluding hydrogens is 274 g/mol. The average molecular weight is 294 g/mol. The highest BCUT2D eigenvalue weighted by Gasteiger charge is 2.32. The van der Waals surface area contributed by atoms with Crippen LogP contribution in [0.5, 0.6) is 0 Å². The largest absolute Gasteiger partial charge is 0.336 e. The maximum absolute atomic E-state index is 12.6. The van der Waals surface area contributed by atoms with Gasteiger partial charge in [0.2, 0.25) is 0 Å². The van der Waals surface area contributed by atoms with Gasteiger partial charge in [-0.3, -0.25) is 9.69 Å². The van der Waals surface area contributed by atoms with Crippen molar-refractivity contribution in [3.8, 4) is 0 Å². The Hall–Kier alpha value is -1.13. The number of hydrogen-bond acceptors (Lipinski definition) is 3. The van der Waals surface area contributed by atoms with Gasteiger partial charge >= 0.3 is 0 Å². The van der Waals surface area contributed by atoms with Gasteiger partial charge in [-0.2, -0.15) is 0 Å². The van der Waals surface area contributed by atoms with Gasteiger partial charge in [0.1, 0.15) is 5.15 Å². The number of rotatable bonds is 2. The van der Waals surface area contributed by atoms with E-state index >= 15 is 0 Å². The van der Waals surface area contributed by atoms with Gasteiger partial charge in [-0.25, -0.2) is 4.98 Å². The van der Waals surface area contributed by atoms with E-state index < -0.39 is 0 Å². The zero-order valence-corrected chi connectivity index (χ0v) is 12.6. The summed E-state index contributed by atoms with van der Waals surface area (Å²) >= 11 is 6.01. The molecule has 1 amide bonds. The first-order chi connectivity index (χ1) is 9.67. The van der Waals surface area contributed by atoms with Gasteiger partial charge in [0.15, 0.2) is 0 Å². The summed E-state index contributed by atoms with van der Waals surface area (Å²) in [6.45, 7) is 5.87. The second kappa shape index (κ2) is 5.70. The van der Waals surface area contributed by atoms with E-state index in [9.17, 15) is 4.79 Å². The quantitative estimate of drug-likeness (QED) is 0.785. The molecule has 4 nitrogen and oxygen atoms in total. The van der Waals surface area contributed by atoms with Gasteiger partial charge in [0.25, 0.3) is 5.91 Å². The number of carbonyl (C=O) groups excluding carboxylic acids is 1. The number of halogens is 1. The fourth-order valence-corrected chi connectivity index (χ4v) is 3.44. The minimum absolute atomic E-state index is 0.0931. The minimum Gasteiger partial charge on any atom is -0.336 e. The fraction of sp³-hybridized carbons (Fsp3) is 0.600. The number of carbonyl (C=O) groups is 1. The Morgan fingerprint density at radius 2 is 2.25 bits per heavy atom. The van der Waals surface area contributed by atoms with Crippen LogP contribution in [0.15, 0.2) is 12.1 Å². The standard InChI is InChI=1S/C15H20ClN3O/c1-2-12-8-11(9-14(16)17-12)15(20)19-7-6-18-5-3-4-13(18)10-19/h8-9,13H,2-7,10H2,1H3. The van der Waals surface area contributed by atoms with Crippen LogP contribution < -0.4 is 0 Å². The third kappa shape index (κ3) is 2.67. The molecule has 0 aliphatic carbocycles. The van der Waals surface area contributed by atoms with E-state index in [1.807, 2.05) is 17.9 Å². The van der Waals surface area contributed by atoms with Gasteiger partial charge in [0.05, 0.1) is 0 Å². The summed E-state index contributed by atoms with van der Waals surface area (Å²) in [5.41, 5.74) is 1.55. The van der Waals surface area contributed by atoms with Gasteiger partial charge < -0.3 is 4.90 Å². The van der Waals surface area contributed by atoms with Crippen molar-refractivity contribution >= 4 is 17.5 Å². The van der Waals surface area contributed by atoms with Crippen molar-refractivity contribution in [3.05, 3.63) is 28.5 Å². The van der Waals surface area contributed by atoms with Crippen molar-refractivity contribution in [3.63, 3.8) is 0 Å². The lowest BCUT2D eigenvalue weighted by Crippen LogP contribution is -2.52. The molecule has 108 valence electrons. The van der Waals surface area contributed by atoms with Crippen LogP contribution in [-0.4, -0.2) is 52.9 Å². The summed E-state index contributed by atoms with van der Waals surface area (Å²) in [6.07, 6.45) is 3.26. The molecule has 0 aromatic carbocycles. The molecule has 1 aromatic rings. The maximum atomic E-state index is 12.6. The molecule has 2 saturated heterocycles. The number of fused-ring (bicyclic) bond motifs is 1. The van der Waals surface area contributed by atoms with Gasteiger partial charge in [-0.1, -0.05) is 18.5 Å². The summed E-state index contributed by atoms with van der Waals surface area (Å²) in [7, 11) is 0. The summed E-state index contributed by atoms with van der Waals surface area (Å²) in [4.78, 5) is 21.3. The summed E-state index contributed by atoms with van der Waals surface area (Å²) in [5, 5.41) is 0.409. The van der Waals surface area contributed by atoms with E-state index in [0.717, 1.165) is 31.7 Å². The van der Waals surface area contributed by atoms with Crippen LogP contribution in [0.3, 0.4) is 0 Å². The second-order valence-corrected chi connectivity index (χ2v) is 5.99. The van der Waals surface area contributed by atoms with Crippen molar-refractivity contribution in [1.82, 2.24) is 14.8 Å². The van der Waals surface area contributed by atoms with Crippen LogP contribution in [0.4, 0.5) is 0 Å². The lowest BCUT2D eigenvalue weighted by molar-refractivity contribution is 0.0571. The fourth-order valence-electron chi connectivity index (χ4n) is 3.21. The third-order valence-electron chi connectivity index (χ3n) is 4.33. The predicted octanol–water partition coefficient (Wildman–Crippen LogP) is 2.22. The molecule has 3 heterocycles. The van der Waals surface area contributed by atoms with E-state index in [0.29, 0.717) is 16.8 Å². The number of aryl methyl sites for hydroxylation is 1. The Morgan fingerprint density at radius 1 is 1.40 bits per heavy atom. The minimum atomic E-state index is 0.0931. The molecule has 1 aromatic heterocycles. The van der Waals surface area contributed by atoms with Crippen LogP contribution >= 0.6 is 11.6 Å². The lowest BCUT2D eigenvalue weighted by Gasteiger charge is -2.37. The van der Waals surface area contributed by atoms with Crippen molar-refractivity contribution in [2.24, 2.45) is 0 Å². The molecule has 3 rings (SSSR count). The number of piperazine rings is 1. The first-order valence-corrected chi connectivity index (χ1v) is 7.75. The van der Waals surface area contributed by atoms with E-state index in [2.05, 4.69) is 9.88 Å². The van der Waals surface area contributed by atoms with Crippen LogP contribution in [0.25, 0.3) is 0 Å². The average Bonchev–Trinajstić information content (AvgIpc) is 2.93. The zero-order valence-electron chi connectivity index (χ0n) is 11.8. The molecular formula is C15H20ClN3O. The number of hydrogen-bond donors (Lipinski definition) is 0. The highest BCUT2D eigenvalue weighted by Crippen LogP contribution is 2.23. The summed E-state index contributed by atoms with van der Waals surface area (Å²) in [6, 6.07) is 4.11. The first kappa shape index (κ1) is 13.8. The Balaban J connectivity index is 1.77. The van der Waals surface area contributed by atoms with Gasteiger partial charge in [0, 0.05) is 36.9 Å². The highest BCUT2D eigenvalue weighted by molar-refractivity contribution is 6.29. The Labute approximate surface area is 124 Å². The van der Waals surface area contributed by atoms with Crippen molar-refractivity contribution < 1.29 is 4.79 Å². The summed E-state index contributed by atoms with van der Waals surface area (Å²) in [5.74, 6) is 0.0931. The molecule has 2 aliphatic rings. The molecule has 0 radical (unpaired) electrons. The zero-order chi connectivity index (χ0) is 14.1. The normalized spacial score (nSPS) is 22.9. The highest BCUT2D eigenvalue weighted by atomic mass is 35.5. The van der Waals surface area contributed by atoms with Crippen LogP contribution in [-0.2, 0) is 6.42 Å². The molecule has 0 N–H and O–H groups in total. The number of aromatic nitrogens is 1. The molecule has 5 heteroatoms. The molecule has 2 aliphatic heterocycles. The monoisotopic (exact) mass is 293 g/mol. The van der Waals surface area contributed by atoms with Gasteiger partial charge in [-0.15, -0.1) is 0 Å². The molecule has 0 bridgehead atoms. The number of amides is 1. The van der Waals surface area contributed by atoms with E-state index in [1.54, 1.807) is 6.07 Å². The van der Waals surface area contributed by atoms with E-state index in [4.69, 9.17) is 11.6 Å². The molecule has 20 heavy (non-hydrogen) atoms. The molecule has 0 spiro atoms. The molecule has 1 atom stereocenters. The number of pyridine rings is 1. The third-order valence-corrected chi connectivity index (χ3v) is 4.52. The predicted molar refractivity (Wildman–Crippen MR) is 79.1 cm³/mol. The Kier molecular flexibility index (Phi) is 3.94.